The van der Waals surface area contributed by atoms with Gasteiger partial charge >= 0.3 is 0 Å². The van der Waals surface area contributed by atoms with E-state index in [2.05, 4.69) is 5.10 Å². The molecule has 4 rings (SSSR count). The molecule has 0 saturated carbocycles. The van der Waals surface area contributed by atoms with Crippen molar-refractivity contribution >= 4 is 46.7 Å². The van der Waals surface area contributed by atoms with Crippen molar-refractivity contribution in [2.75, 3.05) is 17.4 Å². The van der Waals surface area contributed by atoms with E-state index >= 15 is 0 Å². The molecule has 1 N–H and O–H groups in total. The number of benzene rings is 3. The summed E-state index contributed by atoms with van der Waals surface area (Å²) in [6, 6.07) is 21.9. The van der Waals surface area contributed by atoms with Gasteiger partial charge in [-0.3, -0.25) is 4.79 Å². The molecule has 3 aromatic carbocycles. The number of hydrazone groups is 1. The molecule has 0 atom stereocenters. The SMILES string of the molecule is CCOc1cc(/C=C2/C(=O)N(c3ccccc3)N=C2CSc2ccc(Cl)cc2)ccc1O. The third-order valence-corrected chi connectivity index (χ3v) is 6.01. The van der Waals surface area contributed by atoms with Crippen LogP contribution < -0.4 is 9.75 Å². The lowest BCUT2D eigenvalue weighted by Gasteiger charge is -2.11. The number of rotatable bonds is 7. The molecule has 0 radical (unpaired) electrons. The molecule has 7 heteroatoms. The highest BCUT2D eigenvalue weighted by molar-refractivity contribution is 8.00. The van der Waals surface area contributed by atoms with Crippen LogP contribution in [-0.2, 0) is 4.79 Å². The maximum absolute atomic E-state index is 13.3. The third-order valence-electron chi connectivity index (χ3n) is 4.74. The topological polar surface area (TPSA) is 62.1 Å². The van der Waals surface area contributed by atoms with Crippen LogP contribution in [0.15, 0.2) is 88.4 Å². The van der Waals surface area contributed by atoms with Crippen LogP contribution in [0.1, 0.15) is 12.5 Å². The summed E-state index contributed by atoms with van der Waals surface area (Å²) in [5, 5.41) is 16.7. The summed E-state index contributed by atoms with van der Waals surface area (Å²) in [4.78, 5) is 14.3. The van der Waals surface area contributed by atoms with Crippen LogP contribution in [-0.4, -0.2) is 29.1 Å². The highest BCUT2D eigenvalue weighted by atomic mass is 35.5. The molecule has 0 bridgehead atoms. The first kappa shape index (κ1) is 22.0. The minimum Gasteiger partial charge on any atom is -0.504 e. The summed E-state index contributed by atoms with van der Waals surface area (Å²) in [5.41, 5.74) is 2.62. The van der Waals surface area contributed by atoms with E-state index in [1.165, 1.54) is 5.01 Å². The molecule has 0 aliphatic carbocycles. The van der Waals surface area contributed by atoms with E-state index in [9.17, 15) is 9.90 Å². The summed E-state index contributed by atoms with van der Waals surface area (Å²) in [5.74, 6) is 0.749. The fourth-order valence-electron chi connectivity index (χ4n) is 3.19. The minimum atomic E-state index is -0.200. The standard InChI is InChI=1S/C25H21ClN2O3S/c1-2-31-24-15-17(8-13-23(24)29)14-21-22(16-32-20-11-9-18(26)10-12-20)27-28(25(21)30)19-6-4-3-5-7-19/h3-15,29H,2,16H2,1H3/b21-14+. The smallest absolute Gasteiger partial charge is 0.280 e. The normalized spacial score (nSPS) is 14.7. The second kappa shape index (κ2) is 9.94. The zero-order chi connectivity index (χ0) is 22.5. The molecule has 3 aromatic rings. The summed E-state index contributed by atoms with van der Waals surface area (Å²) in [6.07, 6.45) is 1.79. The number of halogens is 1. The maximum Gasteiger partial charge on any atom is 0.280 e. The number of nitrogens with zero attached hydrogens (tertiary/aromatic N) is 2. The summed E-state index contributed by atoms with van der Waals surface area (Å²) in [7, 11) is 0. The van der Waals surface area contributed by atoms with Crippen molar-refractivity contribution in [3.63, 3.8) is 0 Å². The van der Waals surface area contributed by atoms with Crippen molar-refractivity contribution in [2.24, 2.45) is 5.10 Å². The number of phenols is 1. The van der Waals surface area contributed by atoms with Crippen LogP contribution in [0.25, 0.3) is 6.08 Å². The number of para-hydroxylation sites is 1. The first-order valence-corrected chi connectivity index (χ1v) is 11.4. The van der Waals surface area contributed by atoms with Crippen LogP contribution in [0.2, 0.25) is 5.02 Å². The van der Waals surface area contributed by atoms with Crippen molar-refractivity contribution < 1.29 is 14.6 Å². The second-order valence-corrected chi connectivity index (χ2v) is 8.45. The third kappa shape index (κ3) is 4.98. The van der Waals surface area contributed by atoms with Crippen molar-refractivity contribution in [3.8, 4) is 11.5 Å². The number of anilines is 1. The predicted octanol–water partition coefficient (Wildman–Crippen LogP) is 6.02. The number of amides is 1. The lowest BCUT2D eigenvalue weighted by Crippen LogP contribution is -2.21. The molecular formula is C25H21ClN2O3S. The molecule has 1 amide bonds. The molecular weight excluding hydrogens is 444 g/mol. The Kier molecular flexibility index (Phi) is 6.83. The number of phenolic OH excluding ortho intramolecular Hbond substituents is 1. The first-order valence-electron chi connectivity index (χ1n) is 10.1. The van der Waals surface area contributed by atoms with Gasteiger partial charge in [0.15, 0.2) is 11.5 Å². The van der Waals surface area contributed by atoms with Gasteiger partial charge in [-0.2, -0.15) is 10.1 Å². The number of carbonyl (C=O) groups is 1. The average molecular weight is 465 g/mol. The van der Waals surface area contributed by atoms with E-state index in [1.807, 2.05) is 61.5 Å². The molecule has 0 aromatic heterocycles. The van der Waals surface area contributed by atoms with E-state index in [-0.39, 0.29) is 11.7 Å². The van der Waals surface area contributed by atoms with Crippen molar-refractivity contribution in [3.05, 3.63) is 89.0 Å². The number of aromatic hydroxyl groups is 1. The fourth-order valence-corrected chi connectivity index (χ4v) is 4.17. The van der Waals surface area contributed by atoms with Gasteiger partial charge in [0.25, 0.3) is 5.91 Å². The van der Waals surface area contributed by atoms with Crippen molar-refractivity contribution in [1.29, 1.82) is 0 Å². The van der Waals surface area contributed by atoms with Gasteiger partial charge in [-0.25, -0.2) is 0 Å². The van der Waals surface area contributed by atoms with Crippen molar-refractivity contribution in [1.82, 2.24) is 0 Å². The van der Waals surface area contributed by atoms with Crippen LogP contribution in [0.3, 0.4) is 0 Å². The van der Waals surface area contributed by atoms with Gasteiger partial charge < -0.3 is 9.84 Å². The lowest BCUT2D eigenvalue weighted by atomic mass is 10.1. The zero-order valence-corrected chi connectivity index (χ0v) is 18.9. The van der Waals surface area contributed by atoms with Gasteiger partial charge in [-0.1, -0.05) is 35.9 Å². The van der Waals surface area contributed by atoms with Gasteiger partial charge in [0, 0.05) is 15.7 Å². The molecule has 5 nitrogen and oxygen atoms in total. The van der Waals surface area contributed by atoms with Crippen LogP contribution in [0, 0.1) is 0 Å². The second-order valence-electron chi connectivity index (χ2n) is 6.96. The monoisotopic (exact) mass is 464 g/mol. The van der Waals surface area contributed by atoms with E-state index < -0.39 is 0 Å². The van der Waals surface area contributed by atoms with Gasteiger partial charge in [0.2, 0.25) is 0 Å². The fraction of sp³-hybridized carbons (Fsp3) is 0.120. The number of carbonyl (C=O) groups excluding carboxylic acids is 1. The van der Waals surface area contributed by atoms with E-state index in [0.29, 0.717) is 40.1 Å². The van der Waals surface area contributed by atoms with Gasteiger partial charge in [-0.15, -0.1) is 11.8 Å². The number of thioether (sulfide) groups is 1. The zero-order valence-electron chi connectivity index (χ0n) is 17.4. The molecule has 1 aliphatic rings. The van der Waals surface area contributed by atoms with Gasteiger partial charge in [-0.05, 0) is 67.1 Å². The maximum atomic E-state index is 13.3. The molecule has 0 spiro atoms. The first-order chi connectivity index (χ1) is 15.5. The van der Waals surface area contributed by atoms with Gasteiger partial charge in [0.05, 0.1) is 23.6 Å². The van der Waals surface area contributed by atoms with Crippen LogP contribution in [0.5, 0.6) is 11.5 Å². The molecule has 1 aliphatic heterocycles. The number of hydrogen-bond acceptors (Lipinski definition) is 5. The Morgan fingerprint density at radius 1 is 1.09 bits per heavy atom. The molecule has 0 fully saturated rings. The highest BCUT2D eigenvalue weighted by Gasteiger charge is 2.31. The summed E-state index contributed by atoms with van der Waals surface area (Å²) < 4.78 is 5.48. The molecule has 162 valence electrons. The lowest BCUT2D eigenvalue weighted by molar-refractivity contribution is -0.114. The number of ether oxygens (including phenoxy) is 1. The molecule has 32 heavy (non-hydrogen) atoms. The van der Waals surface area contributed by atoms with Crippen LogP contribution >= 0.6 is 23.4 Å². The summed E-state index contributed by atoms with van der Waals surface area (Å²) >= 11 is 7.56. The quantitative estimate of drug-likeness (QED) is 0.343. The average Bonchev–Trinajstić information content (AvgIpc) is 3.11. The highest BCUT2D eigenvalue weighted by Crippen LogP contribution is 2.31. The molecule has 0 unspecified atom stereocenters. The Hall–Kier alpha value is -3.22. The van der Waals surface area contributed by atoms with E-state index in [0.717, 1.165) is 10.5 Å². The molecule has 0 saturated heterocycles. The summed E-state index contributed by atoms with van der Waals surface area (Å²) in [6.45, 7) is 2.28. The molecule has 1 heterocycles. The minimum absolute atomic E-state index is 0.0600. The van der Waals surface area contributed by atoms with E-state index in [1.54, 1.807) is 36.0 Å². The Morgan fingerprint density at radius 2 is 1.84 bits per heavy atom. The van der Waals surface area contributed by atoms with E-state index in [4.69, 9.17) is 16.3 Å². The predicted molar refractivity (Wildman–Crippen MR) is 131 cm³/mol. The Balaban J connectivity index is 1.67. The van der Waals surface area contributed by atoms with Crippen molar-refractivity contribution in [2.45, 2.75) is 11.8 Å². The Morgan fingerprint density at radius 3 is 2.56 bits per heavy atom. The Bertz CT molecular complexity index is 1180. The number of hydrogen-bond donors (Lipinski definition) is 1. The Labute approximate surface area is 196 Å². The van der Waals surface area contributed by atoms with Gasteiger partial charge in [0.1, 0.15) is 0 Å². The largest absolute Gasteiger partial charge is 0.504 e. The van der Waals surface area contributed by atoms with Crippen LogP contribution in [0.4, 0.5) is 5.69 Å².